The van der Waals surface area contributed by atoms with Crippen LogP contribution in [-0.4, -0.2) is 36.5 Å². The fourth-order valence-corrected chi connectivity index (χ4v) is 4.10. The summed E-state index contributed by atoms with van der Waals surface area (Å²) in [7, 11) is 0. The number of likely N-dealkylation sites (tertiary alicyclic amines) is 1. The standard InChI is InChI=1S/C17H21N5O/c1-11-14(8-19-21-11)12-2-3-13-7-17(4-5-22(9-17)10-18)16(23)20-15(13)6-12/h2-3,6,11,14,19,21H,4-5,7-9H2,1H3,(H,20,23). The van der Waals surface area contributed by atoms with Crippen LogP contribution in [0.1, 0.15) is 30.4 Å². The second kappa shape index (κ2) is 5.22. The lowest BCUT2D eigenvalue weighted by Crippen LogP contribution is -2.43. The molecule has 1 amide bonds. The second-order valence-electron chi connectivity index (χ2n) is 7.02. The van der Waals surface area contributed by atoms with Crippen LogP contribution in [0.2, 0.25) is 0 Å². The number of rotatable bonds is 1. The molecule has 6 nitrogen and oxygen atoms in total. The molecule has 3 unspecified atom stereocenters. The molecule has 3 heterocycles. The number of anilines is 1. The van der Waals surface area contributed by atoms with Gasteiger partial charge in [0.15, 0.2) is 6.19 Å². The average molecular weight is 311 g/mol. The van der Waals surface area contributed by atoms with E-state index in [4.69, 9.17) is 5.26 Å². The van der Waals surface area contributed by atoms with Gasteiger partial charge in [0.25, 0.3) is 0 Å². The highest BCUT2D eigenvalue weighted by molar-refractivity contribution is 5.99. The third kappa shape index (κ3) is 2.28. The number of carbonyl (C=O) groups excluding carboxylic acids is 1. The summed E-state index contributed by atoms with van der Waals surface area (Å²) in [5.74, 6) is 0.476. The number of fused-ring (bicyclic) bond motifs is 1. The Balaban J connectivity index is 1.62. The molecule has 0 aromatic heterocycles. The van der Waals surface area contributed by atoms with Crippen LogP contribution in [0.4, 0.5) is 5.69 Å². The van der Waals surface area contributed by atoms with Crippen molar-refractivity contribution in [3.05, 3.63) is 29.3 Å². The highest BCUT2D eigenvalue weighted by Crippen LogP contribution is 2.41. The van der Waals surface area contributed by atoms with Gasteiger partial charge in [-0.2, -0.15) is 5.26 Å². The molecular weight excluding hydrogens is 290 g/mol. The first-order valence-corrected chi connectivity index (χ1v) is 8.19. The van der Waals surface area contributed by atoms with Gasteiger partial charge < -0.3 is 10.2 Å². The predicted molar refractivity (Wildman–Crippen MR) is 86.4 cm³/mol. The minimum absolute atomic E-state index is 0.0654. The first-order valence-electron chi connectivity index (χ1n) is 8.19. The van der Waals surface area contributed by atoms with Crippen LogP contribution >= 0.6 is 0 Å². The van der Waals surface area contributed by atoms with Crippen LogP contribution in [0.25, 0.3) is 0 Å². The molecule has 4 rings (SSSR count). The first-order chi connectivity index (χ1) is 11.1. The highest BCUT2D eigenvalue weighted by Gasteiger charge is 2.47. The normalized spacial score (nSPS) is 32.7. The molecule has 2 saturated heterocycles. The maximum absolute atomic E-state index is 12.7. The summed E-state index contributed by atoms with van der Waals surface area (Å²) in [6, 6.07) is 6.81. The van der Waals surface area contributed by atoms with Gasteiger partial charge in [0.1, 0.15) is 0 Å². The summed E-state index contributed by atoms with van der Waals surface area (Å²) < 4.78 is 0. The number of nitrogens with zero attached hydrogens (tertiary/aromatic N) is 2. The fraction of sp³-hybridized carbons (Fsp3) is 0.529. The summed E-state index contributed by atoms with van der Waals surface area (Å²) in [5, 5.41) is 12.2. The molecule has 1 spiro atoms. The number of hydrogen-bond acceptors (Lipinski definition) is 5. The van der Waals surface area contributed by atoms with Gasteiger partial charge in [0.05, 0.1) is 5.41 Å². The predicted octanol–water partition coefficient (Wildman–Crippen LogP) is 0.934. The van der Waals surface area contributed by atoms with Gasteiger partial charge in [-0.15, -0.1) is 0 Å². The van der Waals surface area contributed by atoms with E-state index in [1.54, 1.807) is 4.90 Å². The topological polar surface area (TPSA) is 80.2 Å². The van der Waals surface area contributed by atoms with E-state index in [1.807, 2.05) is 0 Å². The van der Waals surface area contributed by atoms with Crippen molar-refractivity contribution in [2.45, 2.75) is 31.7 Å². The minimum Gasteiger partial charge on any atom is -0.325 e. The summed E-state index contributed by atoms with van der Waals surface area (Å²) in [6.45, 7) is 4.26. The molecule has 1 aromatic rings. The maximum atomic E-state index is 12.7. The van der Waals surface area contributed by atoms with E-state index in [0.717, 1.165) is 25.1 Å². The second-order valence-corrected chi connectivity index (χ2v) is 7.02. The molecule has 3 aliphatic rings. The molecule has 0 saturated carbocycles. The molecule has 6 heteroatoms. The summed E-state index contributed by atoms with van der Waals surface area (Å²) in [6.07, 6.45) is 3.65. The summed E-state index contributed by atoms with van der Waals surface area (Å²) >= 11 is 0. The number of hydrazine groups is 1. The Morgan fingerprint density at radius 3 is 3.00 bits per heavy atom. The van der Waals surface area contributed by atoms with Gasteiger partial charge in [0.2, 0.25) is 5.91 Å². The molecule has 3 atom stereocenters. The van der Waals surface area contributed by atoms with Gasteiger partial charge in [-0.3, -0.25) is 15.6 Å². The van der Waals surface area contributed by atoms with Crippen LogP contribution in [0.15, 0.2) is 18.2 Å². The van der Waals surface area contributed by atoms with Crippen molar-refractivity contribution in [2.75, 3.05) is 25.0 Å². The smallest absolute Gasteiger partial charge is 0.232 e. The lowest BCUT2D eigenvalue weighted by molar-refractivity contribution is -0.125. The van der Waals surface area contributed by atoms with Gasteiger partial charge >= 0.3 is 0 Å². The number of benzene rings is 1. The SMILES string of the molecule is CC1NNCC1c1ccc2c(c1)NC(=O)C1(CCN(C#N)C1)C2. The Morgan fingerprint density at radius 1 is 1.43 bits per heavy atom. The molecule has 0 radical (unpaired) electrons. The quantitative estimate of drug-likeness (QED) is 0.673. The molecule has 2 fully saturated rings. The van der Waals surface area contributed by atoms with Gasteiger partial charge in [0, 0.05) is 37.3 Å². The number of amides is 1. The van der Waals surface area contributed by atoms with E-state index in [9.17, 15) is 4.79 Å². The van der Waals surface area contributed by atoms with E-state index in [2.05, 4.69) is 47.5 Å². The Bertz CT molecular complexity index is 697. The molecule has 0 bridgehead atoms. The van der Waals surface area contributed by atoms with Gasteiger partial charge in [-0.1, -0.05) is 12.1 Å². The number of hydrogen-bond donors (Lipinski definition) is 3. The molecule has 23 heavy (non-hydrogen) atoms. The first kappa shape index (κ1) is 14.5. The van der Waals surface area contributed by atoms with Crippen LogP contribution in [-0.2, 0) is 11.2 Å². The van der Waals surface area contributed by atoms with Crippen molar-refractivity contribution in [1.82, 2.24) is 15.8 Å². The van der Waals surface area contributed by atoms with E-state index in [-0.39, 0.29) is 5.91 Å². The van der Waals surface area contributed by atoms with Gasteiger partial charge in [-0.25, -0.2) is 0 Å². The Morgan fingerprint density at radius 2 is 2.30 bits per heavy atom. The van der Waals surface area contributed by atoms with Gasteiger partial charge in [-0.05, 0) is 37.0 Å². The monoisotopic (exact) mass is 311 g/mol. The highest BCUT2D eigenvalue weighted by atomic mass is 16.2. The van der Waals surface area contributed by atoms with E-state index >= 15 is 0 Å². The van der Waals surface area contributed by atoms with Crippen LogP contribution in [0.3, 0.4) is 0 Å². The maximum Gasteiger partial charge on any atom is 0.232 e. The molecular formula is C17H21N5O. The van der Waals surface area contributed by atoms with Crippen molar-refractivity contribution in [3.8, 4) is 6.19 Å². The molecule has 120 valence electrons. The van der Waals surface area contributed by atoms with Crippen LogP contribution < -0.4 is 16.2 Å². The zero-order valence-electron chi connectivity index (χ0n) is 13.2. The number of carbonyl (C=O) groups is 1. The van der Waals surface area contributed by atoms with E-state index in [1.165, 1.54) is 11.1 Å². The Labute approximate surface area is 135 Å². The average Bonchev–Trinajstić information content (AvgIpc) is 3.15. The third-order valence-electron chi connectivity index (χ3n) is 5.57. The third-order valence-corrected chi connectivity index (χ3v) is 5.57. The number of nitriles is 1. The van der Waals surface area contributed by atoms with E-state index < -0.39 is 5.41 Å². The lowest BCUT2D eigenvalue weighted by atomic mass is 9.76. The van der Waals surface area contributed by atoms with Crippen molar-refractivity contribution in [1.29, 1.82) is 5.26 Å². The molecule has 3 aliphatic heterocycles. The summed E-state index contributed by atoms with van der Waals surface area (Å²) in [5.41, 5.74) is 9.35. The molecule has 3 N–H and O–H groups in total. The zero-order valence-corrected chi connectivity index (χ0v) is 13.2. The zero-order chi connectivity index (χ0) is 16.0. The lowest BCUT2D eigenvalue weighted by Gasteiger charge is -2.33. The number of nitrogens with one attached hydrogen (secondary N) is 3. The molecule has 0 aliphatic carbocycles. The van der Waals surface area contributed by atoms with Crippen molar-refractivity contribution >= 4 is 11.6 Å². The van der Waals surface area contributed by atoms with Crippen molar-refractivity contribution in [3.63, 3.8) is 0 Å². The Hall–Kier alpha value is -2.10. The largest absolute Gasteiger partial charge is 0.325 e. The van der Waals surface area contributed by atoms with Crippen LogP contribution in [0, 0.1) is 16.9 Å². The fourth-order valence-electron chi connectivity index (χ4n) is 4.10. The van der Waals surface area contributed by atoms with Crippen molar-refractivity contribution in [2.24, 2.45) is 5.41 Å². The minimum atomic E-state index is -0.437. The summed E-state index contributed by atoms with van der Waals surface area (Å²) in [4.78, 5) is 14.4. The Kier molecular flexibility index (Phi) is 3.29. The van der Waals surface area contributed by atoms with Crippen molar-refractivity contribution < 1.29 is 4.79 Å². The molecule has 1 aromatic carbocycles. The van der Waals surface area contributed by atoms with E-state index in [0.29, 0.717) is 25.0 Å². The van der Waals surface area contributed by atoms with Crippen LogP contribution in [0.5, 0.6) is 0 Å².